The van der Waals surface area contributed by atoms with Gasteiger partial charge in [0, 0.05) is 5.02 Å². The van der Waals surface area contributed by atoms with Gasteiger partial charge in [-0.1, -0.05) is 16.8 Å². The number of carbonyl (C=O) groups excluding carboxylic acids is 1. The monoisotopic (exact) mass is 330 g/mol. The number of benzene rings is 2. The molecule has 0 radical (unpaired) electrons. The van der Waals surface area contributed by atoms with Crippen LogP contribution >= 0.6 is 11.6 Å². The van der Waals surface area contributed by atoms with E-state index in [4.69, 9.17) is 16.3 Å². The van der Waals surface area contributed by atoms with Crippen LogP contribution in [0.5, 0.6) is 5.75 Å². The second-order valence-electron chi connectivity index (χ2n) is 5.20. The van der Waals surface area contributed by atoms with Crippen LogP contribution in [0.3, 0.4) is 0 Å². The van der Waals surface area contributed by atoms with Gasteiger partial charge in [0.2, 0.25) is 0 Å². The van der Waals surface area contributed by atoms with Gasteiger partial charge in [-0.3, -0.25) is 0 Å². The number of aromatic nitrogens is 3. The van der Waals surface area contributed by atoms with Gasteiger partial charge in [0.05, 0.1) is 18.3 Å². The van der Waals surface area contributed by atoms with Gasteiger partial charge < -0.3 is 10.1 Å². The molecule has 1 amide bonds. The molecular formula is C16H15ClN4O2. The van der Waals surface area contributed by atoms with E-state index in [1.54, 1.807) is 18.2 Å². The van der Waals surface area contributed by atoms with E-state index in [0.29, 0.717) is 27.5 Å². The fourth-order valence-corrected chi connectivity index (χ4v) is 2.44. The summed E-state index contributed by atoms with van der Waals surface area (Å²) in [5.41, 5.74) is 3.95. The fourth-order valence-electron chi connectivity index (χ4n) is 2.27. The van der Waals surface area contributed by atoms with E-state index < -0.39 is 6.03 Å². The van der Waals surface area contributed by atoms with Crippen LogP contribution in [0.1, 0.15) is 11.1 Å². The molecule has 0 spiro atoms. The van der Waals surface area contributed by atoms with Crippen molar-refractivity contribution < 1.29 is 9.53 Å². The van der Waals surface area contributed by atoms with Gasteiger partial charge in [-0.05, 0) is 55.3 Å². The predicted molar refractivity (Wildman–Crippen MR) is 89.4 cm³/mol. The first-order chi connectivity index (χ1) is 11.0. The fraction of sp³-hybridized carbons (Fsp3) is 0.188. The number of methoxy groups -OCH3 is 1. The zero-order valence-corrected chi connectivity index (χ0v) is 13.7. The lowest BCUT2D eigenvalue weighted by molar-refractivity contribution is 0.251. The van der Waals surface area contributed by atoms with Crippen molar-refractivity contribution in [2.24, 2.45) is 0 Å². The summed E-state index contributed by atoms with van der Waals surface area (Å²) in [5.74, 6) is 0.513. The Morgan fingerprint density at radius 1 is 1.22 bits per heavy atom. The molecule has 1 aromatic heterocycles. The summed E-state index contributed by atoms with van der Waals surface area (Å²) >= 11 is 5.97. The number of ether oxygens (including phenoxy) is 1. The van der Waals surface area contributed by atoms with Gasteiger partial charge in [0.1, 0.15) is 11.3 Å². The van der Waals surface area contributed by atoms with Crippen LogP contribution in [0.4, 0.5) is 10.5 Å². The molecule has 118 valence electrons. The average Bonchev–Trinajstić information content (AvgIpc) is 2.91. The molecule has 0 saturated carbocycles. The third-order valence-electron chi connectivity index (χ3n) is 3.66. The lowest BCUT2D eigenvalue weighted by Crippen LogP contribution is -2.21. The molecule has 0 fully saturated rings. The maximum atomic E-state index is 12.5. The van der Waals surface area contributed by atoms with Crippen molar-refractivity contribution in [2.75, 3.05) is 12.4 Å². The summed E-state index contributed by atoms with van der Waals surface area (Å²) in [6.07, 6.45) is 0. The second-order valence-corrected chi connectivity index (χ2v) is 5.64. The quantitative estimate of drug-likeness (QED) is 0.776. The number of nitrogens with one attached hydrogen (secondary N) is 1. The summed E-state index contributed by atoms with van der Waals surface area (Å²) < 4.78 is 6.45. The highest BCUT2D eigenvalue weighted by molar-refractivity contribution is 6.31. The zero-order valence-electron chi connectivity index (χ0n) is 12.9. The molecule has 0 unspecified atom stereocenters. The van der Waals surface area contributed by atoms with Gasteiger partial charge in [0.15, 0.2) is 0 Å². The molecule has 1 heterocycles. The van der Waals surface area contributed by atoms with Crippen LogP contribution in [-0.4, -0.2) is 28.1 Å². The third kappa shape index (κ3) is 2.85. The number of carbonyl (C=O) groups is 1. The Bertz CT molecular complexity index is 904. The lowest BCUT2D eigenvalue weighted by Gasteiger charge is -2.10. The largest absolute Gasteiger partial charge is 0.495 e. The van der Waals surface area contributed by atoms with Gasteiger partial charge in [-0.25, -0.2) is 4.79 Å². The Morgan fingerprint density at radius 3 is 2.70 bits per heavy atom. The minimum Gasteiger partial charge on any atom is -0.495 e. The van der Waals surface area contributed by atoms with Gasteiger partial charge in [0.25, 0.3) is 0 Å². The molecule has 1 N–H and O–H groups in total. The normalized spacial score (nSPS) is 10.8. The standard InChI is InChI=1S/C16H15ClN4O2/c1-9-6-12-14(7-10(9)2)21(20-19-12)16(22)18-13-8-11(17)4-5-15(13)23-3/h4-8H,1-3H3,(H,18,22). The van der Waals surface area contributed by atoms with Crippen molar-refractivity contribution in [1.82, 2.24) is 15.0 Å². The van der Waals surface area contributed by atoms with Gasteiger partial charge in [-0.2, -0.15) is 4.68 Å². The second kappa shape index (κ2) is 5.89. The van der Waals surface area contributed by atoms with E-state index in [1.807, 2.05) is 26.0 Å². The van der Waals surface area contributed by atoms with Crippen molar-refractivity contribution in [3.05, 3.63) is 46.5 Å². The molecular weight excluding hydrogens is 316 g/mol. The number of fused-ring (bicyclic) bond motifs is 1. The summed E-state index contributed by atoms with van der Waals surface area (Å²) in [6.45, 7) is 3.97. The maximum absolute atomic E-state index is 12.5. The van der Waals surface area contributed by atoms with Crippen LogP contribution in [0.2, 0.25) is 5.02 Å². The smallest absolute Gasteiger partial charge is 0.348 e. The van der Waals surface area contributed by atoms with Gasteiger partial charge in [-0.15, -0.1) is 5.10 Å². The molecule has 0 aliphatic heterocycles. The van der Waals surface area contributed by atoms with Crippen LogP contribution in [0.15, 0.2) is 30.3 Å². The first-order valence-corrected chi connectivity index (χ1v) is 7.35. The highest BCUT2D eigenvalue weighted by atomic mass is 35.5. The number of nitrogens with zero attached hydrogens (tertiary/aromatic N) is 3. The first-order valence-electron chi connectivity index (χ1n) is 6.97. The topological polar surface area (TPSA) is 69.0 Å². The van der Waals surface area contributed by atoms with Crippen LogP contribution in [0.25, 0.3) is 11.0 Å². The number of hydrogen-bond acceptors (Lipinski definition) is 4. The number of aryl methyl sites for hydroxylation is 2. The Labute approximate surface area is 138 Å². The number of rotatable bonds is 2. The third-order valence-corrected chi connectivity index (χ3v) is 3.89. The molecule has 0 bridgehead atoms. The average molecular weight is 331 g/mol. The zero-order chi connectivity index (χ0) is 16.6. The van der Waals surface area contributed by atoms with E-state index >= 15 is 0 Å². The lowest BCUT2D eigenvalue weighted by atomic mass is 10.1. The molecule has 7 heteroatoms. The van der Waals surface area contributed by atoms with E-state index in [9.17, 15) is 4.79 Å². The highest BCUT2D eigenvalue weighted by Crippen LogP contribution is 2.28. The maximum Gasteiger partial charge on any atom is 0.348 e. The van der Waals surface area contributed by atoms with E-state index in [2.05, 4.69) is 15.6 Å². The van der Waals surface area contributed by atoms with Crippen molar-refractivity contribution >= 4 is 34.4 Å². The minimum absolute atomic E-state index is 0.434. The van der Waals surface area contributed by atoms with Crippen LogP contribution < -0.4 is 10.1 Å². The van der Waals surface area contributed by atoms with Crippen LogP contribution in [-0.2, 0) is 0 Å². The Morgan fingerprint density at radius 2 is 1.96 bits per heavy atom. The molecule has 23 heavy (non-hydrogen) atoms. The number of amides is 1. The molecule has 0 aliphatic rings. The van der Waals surface area contributed by atoms with Crippen LogP contribution in [0, 0.1) is 13.8 Å². The highest BCUT2D eigenvalue weighted by Gasteiger charge is 2.15. The van der Waals surface area contributed by atoms with Crippen molar-refractivity contribution in [1.29, 1.82) is 0 Å². The van der Waals surface area contributed by atoms with Gasteiger partial charge >= 0.3 is 6.03 Å². The summed E-state index contributed by atoms with van der Waals surface area (Å²) in [4.78, 5) is 12.5. The number of anilines is 1. The van der Waals surface area contributed by atoms with Crippen molar-refractivity contribution in [2.45, 2.75) is 13.8 Å². The first kappa shape index (κ1) is 15.3. The minimum atomic E-state index is -0.434. The summed E-state index contributed by atoms with van der Waals surface area (Å²) in [7, 11) is 1.52. The van der Waals surface area contributed by atoms with Crippen molar-refractivity contribution in [3.8, 4) is 5.75 Å². The molecule has 0 aliphatic carbocycles. The molecule has 0 atom stereocenters. The van der Waals surface area contributed by atoms with Crippen molar-refractivity contribution in [3.63, 3.8) is 0 Å². The molecule has 3 rings (SSSR count). The summed E-state index contributed by atoms with van der Waals surface area (Å²) in [5, 5.41) is 11.2. The molecule has 3 aromatic rings. The Balaban J connectivity index is 1.98. The van der Waals surface area contributed by atoms with E-state index in [-0.39, 0.29) is 0 Å². The molecule has 0 saturated heterocycles. The molecule has 6 nitrogen and oxygen atoms in total. The Kier molecular flexibility index (Phi) is 3.92. The number of halogens is 1. The SMILES string of the molecule is COc1ccc(Cl)cc1NC(=O)n1nnc2cc(C)c(C)cc21. The predicted octanol–water partition coefficient (Wildman–Crippen LogP) is 3.79. The van der Waals surface area contributed by atoms with E-state index in [0.717, 1.165) is 11.1 Å². The molecule has 2 aromatic carbocycles. The summed E-state index contributed by atoms with van der Waals surface area (Å²) in [6, 6.07) is 8.35. The van der Waals surface area contributed by atoms with E-state index in [1.165, 1.54) is 11.8 Å². The Hall–Kier alpha value is -2.60. The number of hydrogen-bond donors (Lipinski definition) is 1.